The van der Waals surface area contributed by atoms with Gasteiger partial charge in [-0.25, -0.2) is 4.79 Å². The molecule has 1 aliphatic rings. The minimum Gasteiger partial charge on any atom is -0.466 e. The molecular weight excluding hydrogens is 332 g/mol. The molecule has 10 nitrogen and oxygen atoms in total. The van der Waals surface area contributed by atoms with Crippen LogP contribution in [0.2, 0.25) is 0 Å². The number of esters is 1. The van der Waals surface area contributed by atoms with Gasteiger partial charge in [0.1, 0.15) is 5.92 Å². The standard InChI is InChI=1S/C15H14N4O6/c1-7-11(15(20)24-3)12(13(18(21)22)8(2)16-7)9-5-4-6-10-14(9)19(23)25-17-10/h4-6,12,16H,1-3H3. The lowest BCUT2D eigenvalue weighted by Crippen LogP contribution is -2.33. The number of methoxy groups -OCH3 is 1. The van der Waals surface area contributed by atoms with Crippen LogP contribution in [0.25, 0.3) is 11.0 Å². The van der Waals surface area contributed by atoms with E-state index in [4.69, 9.17) is 4.74 Å². The lowest BCUT2D eigenvalue weighted by atomic mass is 9.83. The summed E-state index contributed by atoms with van der Waals surface area (Å²) in [6.07, 6.45) is 0. The second kappa shape index (κ2) is 5.89. The molecule has 1 N–H and O–H groups in total. The van der Waals surface area contributed by atoms with Crippen LogP contribution in [-0.4, -0.2) is 23.2 Å². The van der Waals surface area contributed by atoms with E-state index in [9.17, 15) is 20.1 Å². The van der Waals surface area contributed by atoms with Crippen molar-refractivity contribution in [2.24, 2.45) is 0 Å². The van der Waals surface area contributed by atoms with Crippen molar-refractivity contribution in [2.75, 3.05) is 7.11 Å². The Morgan fingerprint density at radius 3 is 2.76 bits per heavy atom. The Bertz CT molecular complexity index is 958. The Kier molecular flexibility index (Phi) is 3.87. The number of carbonyl (C=O) groups is 1. The first kappa shape index (κ1) is 16.4. The first-order chi connectivity index (χ1) is 11.9. The van der Waals surface area contributed by atoms with Crippen molar-refractivity contribution in [1.82, 2.24) is 10.5 Å². The number of carbonyl (C=O) groups excluding carboxylic acids is 1. The van der Waals surface area contributed by atoms with Gasteiger partial charge in [-0.05, 0) is 24.8 Å². The number of hydrogen-bond acceptors (Lipinski definition) is 8. The fourth-order valence-corrected chi connectivity index (χ4v) is 3.08. The van der Waals surface area contributed by atoms with Gasteiger partial charge in [0, 0.05) is 16.4 Å². The maximum atomic E-state index is 12.3. The number of allylic oxidation sites excluding steroid dienone is 3. The molecule has 0 spiro atoms. The summed E-state index contributed by atoms with van der Waals surface area (Å²) in [6.45, 7) is 3.14. The average molecular weight is 346 g/mol. The average Bonchev–Trinajstić information content (AvgIpc) is 2.94. The molecule has 2 heterocycles. The summed E-state index contributed by atoms with van der Waals surface area (Å²) in [6, 6.07) is 4.64. The molecule has 0 radical (unpaired) electrons. The van der Waals surface area contributed by atoms with Crippen LogP contribution in [0.15, 0.2) is 45.5 Å². The van der Waals surface area contributed by atoms with Crippen molar-refractivity contribution in [1.29, 1.82) is 0 Å². The van der Waals surface area contributed by atoms with Crippen molar-refractivity contribution in [3.8, 4) is 0 Å². The van der Waals surface area contributed by atoms with Crippen LogP contribution in [0.3, 0.4) is 0 Å². The van der Waals surface area contributed by atoms with Gasteiger partial charge in [0.05, 0.1) is 23.3 Å². The number of rotatable bonds is 3. The monoisotopic (exact) mass is 346 g/mol. The van der Waals surface area contributed by atoms with Gasteiger partial charge in [0.15, 0.2) is 0 Å². The number of nitrogens with one attached hydrogen (secondary N) is 1. The van der Waals surface area contributed by atoms with E-state index in [2.05, 4.69) is 15.1 Å². The van der Waals surface area contributed by atoms with Crippen LogP contribution in [0.4, 0.5) is 0 Å². The molecular formula is C15H14N4O6. The first-order valence-corrected chi connectivity index (χ1v) is 7.26. The molecule has 130 valence electrons. The van der Waals surface area contributed by atoms with E-state index in [1.165, 1.54) is 26.2 Å². The molecule has 0 fully saturated rings. The van der Waals surface area contributed by atoms with Gasteiger partial charge >= 0.3 is 5.97 Å². The van der Waals surface area contributed by atoms with Crippen molar-refractivity contribution >= 4 is 17.0 Å². The van der Waals surface area contributed by atoms with Crippen molar-refractivity contribution in [3.05, 3.63) is 61.7 Å². The number of fused-ring (bicyclic) bond motifs is 1. The fraction of sp³-hybridized carbons (Fsp3) is 0.267. The zero-order valence-electron chi connectivity index (χ0n) is 13.6. The molecule has 0 saturated carbocycles. The van der Waals surface area contributed by atoms with E-state index >= 15 is 0 Å². The van der Waals surface area contributed by atoms with Crippen LogP contribution in [0.5, 0.6) is 0 Å². The number of para-hydroxylation sites is 1. The number of aromatic nitrogens is 2. The molecule has 3 rings (SSSR count). The Labute approximate surface area is 141 Å². The van der Waals surface area contributed by atoms with E-state index in [-0.39, 0.29) is 38.5 Å². The molecule has 10 heteroatoms. The summed E-state index contributed by atoms with van der Waals surface area (Å²) in [5.41, 5.74) is 0.968. The van der Waals surface area contributed by atoms with Crippen molar-refractivity contribution < 1.29 is 24.0 Å². The van der Waals surface area contributed by atoms with Gasteiger partial charge in [-0.1, -0.05) is 12.1 Å². The van der Waals surface area contributed by atoms with Gasteiger partial charge in [0.2, 0.25) is 11.0 Å². The molecule has 0 amide bonds. The normalized spacial score (nSPS) is 17.6. The number of nitrogens with zero attached hydrogens (tertiary/aromatic N) is 3. The maximum absolute atomic E-state index is 12.3. The highest BCUT2D eigenvalue weighted by Gasteiger charge is 2.43. The lowest BCUT2D eigenvalue weighted by molar-refractivity contribution is -0.782. The topological polar surface area (TPSA) is 134 Å². The highest BCUT2D eigenvalue weighted by Crippen LogP contribution is 2.40. The maximum Gasteiger partial charge on any atom is 0.336 e. The Balaban J connectivity index is 2.36. The van der Waals surface area contributed by atoms with E-state index < -0.39 is 16.8 Å². The van der Waals surface area contributed by atoms with Gasteiger partial charge in [0.25, 0.3) is 5.70 Å². The second-order valence-electron chi connectivity index (χ2n) is 5.50. The molecule has 0 bridgehead atoms. The third-order valence-corrected chi connectivity index (χ3v) is 4.08. The third kappa shape index (κ3) is 2.47. The number of ether oxygens (including phenoxy) is 1. The number of hydrogen-bond donors (Lipinski definition) is 1. The summed E-state index contributed by atoms with van der Waals surface area (Å²) < 4.78 is 9.39. The molecule has 0 saturated heterocycles. The van der Waals surface area contributed by atoms with Crippen LogP contribution >= 0.6 is 0 Å². The summed E-state index contributed by atoms with van der Waals surface area (Å²) >= 11 is 0. The number of dihydropyridines is 1. The Morgan fingerprint density at radius 1 is 1.40 bits per heavy atom. The van der Waals surface area contributed by atoms with Gasteiger partial charge in [-0.15, -0.1) is 0 Å². The summed E-state index contributed by atoms with van der Waals surface area (Å²) in [4.78, 5) is 23.6. The van der Waals surface area contributed by atoms with Crippen molar-refractivity contribution in [3.63, 3.8) is 0 Å². The fourth-order valence-electron chi connectivity index (χ4n) is 3.08. The van der Waals surface area contributed by atoms with E-state index in [0.29, 0.717) is 5.70 Å². The Morgan fingerprint density at radius 2 is 2.12 bits per heavy atom. The molecule has 1 aromatic heterocycles. The van der Waals surface area contributed by atoms with Crippen molar-refractivity contribution in [2.45, 2.75) is 19.8 Å². The summed E-state index contributed by atoms with van der Waals surface area (Å²) in [7, 11) is 1.18. The molecule has 1 aromatic carbocycles. The zero-order valence-corrected chi connectivity index (χ0v) is 13.6. The molecule has 1 unspecified atom stereocenters. The van der Waals surface area contributed by atoms with Crippen LogP contribution < -0.4 is 10.2 Å². The van der Waals surface area contributed by atoms with Crippen LogP contribution in [0, 0.1) is 15.3 Å². The molecule has 1 aliphatic heterocycles. The second-order valence-corrected chi connectivity index (χ2v) is 5.50. The van der Waals surface area contributed by atoms with E-state index in [0.717, 1.165) is 0 Å². The predicted octanol–water partition coefficient (Wildman–Crippen LogP) is 1.10. The van der Waals surface area contributed by atoms with Crippen LogP contribution in [0.1, 0.15) is 25.3 Å². The minimum atomic E-state index is -1.10. The largest absolute Gasteiger partial charge is 0.466 e. The Hall–Kier alpha value is -3.43. The van der Waals surface area contributed by atoms with Gasteiger partial charge in [-0.3, -0.25) is 14.7 Å². The van der Waals surface area contributed by atoms with Gasteiger partial charge in [-0.2, -0.15) is 0 Å². The molecule has 25 heavy (non-hydrogen) atoms. The molecule has 1 atom stereocenters. The minimum absolute atomic E-state index is 0.0238. The quantitative estimate of drug-likeness (QED) is 0.378. The van der Waals surface area contributed by atoms with E-state index in [1.54, 1.807) is 13.0 Å². The third-order valence-electron chi connectivity index (χ3n) is 4.08. The van der Waals surface area contributed by atoms with Gasteiger partial charge < -0.3 is 15.3 Å². The highest BCUT2D eigenvalue weighted by atomic mass is 16.8. The van der Waals surface area contributed by atoms with E-state index in [1.807, 2.05) is 0 Å². The molecule has 0 aliphatic carbocycles. The van der Waals surface area contributed by atoms with Crippen LogP contribution in [-0.2, 0) is 9.53 Å². The lowest BCUT2D eigenvalue weighted by Gasteiger charge is -2.25. The summed E-state index contributed by atoms with van der Waals surface area (Å²) in [5, 5.41) is 30.1. The SMILES string of the molecule is COC(=O)C1=C(C)NC(C)=C([N+](=O)[O-])C1c1cccc2no[n+]([O-])c12. The predicted molar refractivity (Wildman–Crippen MR) is 83.3 cm³/mol. The summed E-state index contributed by atoms with van der Waals surface area (Å²) in [5.74, 6) is -1.83. The smallest absolute Gasteiger partial charge is 0.336 e. The zero-order chi connectivity index (χ0) is 18.3. The number of nitro groups is 1. The number of benzene rings is 1. The highest BCUT2D eigenvalue weighted by molar-refractivity contribution is 5.93. The first-order valence-electron chi connectivity index (χ1n) is 7.26. The molecule has 2 aromatic rings.